The minimum Gasteiger partial charge on any atom is -0.465 e. The van der Waals surface area contributed by atoms with E-state index in [9.17, 15) is 14.7 Å². The maximum Gasteiger partial charge on any atom is 0.408 e. The first-order valence-electron chi connectivity index (χ1n) is 8.77. The van der Waals surface area contributed by atoms with Crippen LogP contribution in [-0.4, -0.2) is 46.0 Å². The number of piperazine rings is 1. The van der Waals surface area contributed by atoms with Gasteiger partial charge in [0.05, 0.1) is 11.6 Å². The summed E-state index contributed by atoms with van der Waals surface area (Å²) in [4.78, 5) is 28.1. The highest BCUT2D eigenvalue weighted by Crippen LogP contribution is 2.54. The van der Waals surface area contributed by atoms with Crippen molar-refractivity contribution in [3.05, 3.63) is 42.0 Å². The fourth-order valence-corrected chi connectivity index (χ4v) is 4.91. The van der Waals surface area contributed by atoms with Crippen LogP contribution in [0, 0.1) is 5.41 Å². The van der Waals surface area contributed by atoms with Gasteiger partial charge < -0.3 is 10.0 Å². The van der Waals surface area contributed by atoms with E-state index in [0.717, 1.165) is 11.1 Å². The largest absolute Gasteiger partial charge is 0.465 e. The Morgan fingerprint density at radius 3 is 2.60 bits per heavy atom. The lowest BCUT2D eigenvalue weighted by Gasteiger charge is -2.60. The van der Waals surface area contributed by atoms with E-state index in [1.54, 1.807) is 11.0 Å². The molecule has 0 aromatic heterocycles. The number of carbonyl (C=O) groups is 2. The van der Waals surface area contributed by atoms with Gasteiger partial charge in [0, 0.05) is 19.5 Å². The van der Waals surface area contributed by atoms with Gasteiger partial charge in [-0.3, -0.25) is 9.69 Å². The predicted octanol–water partition coefficient (Wildman–Crippen LogP) is 3.56. The first kappa shape index (κ1) is 17.5. The molecule has 2 heterocycles. The Bertz CT molecular complexity index is 722. The summed E-state index contributed by atoms with van der Waals surface area (Å²) in [6, 6.07) is 7.66. The summed E-state index contributed by atoms with van der Waals surface area (Å²) in [5, 5.41) is 10.0. The average molecular weight is 342 g/mol. The number of hydrogen-bond donors (Lipinski definition) is 1. The van der Waals surface area contributed by atoms with Crippen LogP contribution in [0.5, 0.6) is 0 Å². The average Bonchev–Trinajstić information content (AvgIpc) is 2.94. The highest BCUT2D eigenvalue weighted by molar-refractivity contribution is 5.80. The fraction of sp³-hybridized carbons (Fsp3) is 0.500. The maximum absolute atomic E-state index is 12.4. The molecule has 0 aliphatic carbocycles. The number of carboxylic acid groups (broad SMARTS) is 1. The van der Waals surface area contributed by atoms with E-state index in [-0.39, 0.29) is 11.9 Å². The molecule has 3 rings (SSSR count). The summed E-state index contributed by atoms with van der Waals surface area (Å²) in [5.74, 6) is 0.125. The van der Waals surface area contributed by atoms with Crippen molar-refractivity contribution in [1.82, 2.24) is 9.80 Å². The molecule has 1 aromatic rings. The van der Waals surface area contributed by atoms with Crippen LogP contribution >= 0.6 is 0 Å². The van der Waals surface area contributed by atoms with Crippen LogP contribution in [-0.2, 0) is 10.3 Å². The van der Waals surface area contributed by atoms with Crippen LogP contribution in [0.4, 0.5) is 4.79 Å². The molecule has 2 aliphatic heterocycles. The Kier molecular flexibility index (Phi) is 4.13. The monoisotopic (exact) mass is 342 g/mol. The molecule has 2 saturated heterocycles. The highest BCUT2D eigenvalue weighted by atomic mass is 16.4. The third-order valence-electron chi connectivity index (χ3n) is 5.77. The number of carbonyl (C=O) groups excluding carboxylic acids is 1. The Morgan fingerprint density at radius 2 is 2.00 bits per heavy atom. The van der Waals surface area contributed by atoms with Crippen molar-refractivity contribution in [2.24, 2.45) is 5.41 Å². The molecule has 2 amide bonds. The summed E-state index contributed by atoms with van der Waals surface area (Å²) in [7, 11) is 0. The molecular weight excluding hydrogens is 316 g/mol. The van der Waals surface area contributed by atoms with Gasteiger partial charge in [0.1, 0.15) is 0 Å². The fourth-order valence-electron chi connectivity index (χ4n) is 4.91. The Labute approximate surface area is 148 Å². The lowest BCUT2D eigenvalue weighted by molar-refractivity contribution is -0.141. The van der Waals surface area contributed by atoms with Gasteiger partial charge >= 0.3 is 6.09 Å². The van der Waals surface area contributed by atoms with Crippen molar-refractivity contribution in [3.63, 3.8) is 0 Å². The lowest BCUT2D eigenvalue weighted by Crippen LogP contribution is -2.70. The molecule has 1 aromatic carbocycles. The topological polar surface area (TPSA) is 60.9 Å². The first-order valence-corrected chi connectivity index (χ1v) is 8.77. The third kappa shape index (κ3) is 2.36. The van der Waals surface area contributed by atoms with E-state index in [1.807, 2.05) is 29.2 Å². The van der Waals surface area contributed by atoms with E-state index in [4.69, 9.17) is 0 Å². The van der Waals surface area contributed by atoms with Gasteiger partial charge in [-0.25, -0.2) is 4.79 Å². The van der Waals surface area contributed by atoms with Crippen LogP contribution in [0.3, 0.4) is 0 Å². The number of amides is 2. The maximum atomic E-state index is 12.4. The first-order chi connectivity index (χ1) is 11.7. The van der Waals surface area contributed by atoms with Crippen molar-refractivity contribution >= 4 is 18.1 Å². The molecule has 2 atom stereocenters. The van der Waals surface area contributed by atoms with Gasteiger partial charge in [0.25, 0.3) is 0 Å². The smallest absolute Gasteiger partial charge is 0.408 e. The van der Waals surface area contributed by atoms with Gasteiger partial charge in [-0.2, -0.15) is 0 Å². The van der Waals surface area contributed by atoms with Crippen LogP contribution in [0.2, 0.25) is 0 Å². The zero-order valence-electron chi connectivity index (χ0n) is 15.2. The van der Waals surface area contributed by atoms with Gasteiger partial charge in [0.15, 0.2) is 0 Å². The van der Waals surface area contributed by atoms with E-state index < -0.39 is 17.0 Å². The molecule has 0 saturated carbocycles. The van der Waals surface area contributed by atoms with Crippen LogP contribution < -0.4 is 0 Å². The van der Waals surface area contributed by atoms with Crippen molar-refractivity contribution in [3.8, 4) is 0 Å². The van der Waals surface area contributed by atoms with E-state index in [0.29, 0.717) is 25.9 Å². The molecule has 0 spiro atoms. The van der Waals surface area contributed by atoms with Crippen LogP contribution in [0.25, 0.3) is 6.08 Å². The van der Waals surface area contributed by atoms with Gasteiger partial charge in [-0.15, -0.1) is 0 Å². The van der Waals surface area contributed by atoms with Crippen molar-refractivity contribution in [2.45, 2.75) is 45.2 Å². The summed E-state index contributed by atoms with van der Waals surface area (Å²) in [6.45, 7) is 10.9. The lowest BCUT2D eigenvalue weighted by atomic mass is 9.61. The number of fused-ring (bicyclic) bond motifs is 1. The van der Waals surface area contributed by atoms with Crippen molar-refractivity contribution < 1.29 is 14.7 Å². The second kappa shape index (κ2) is 5.90. The normalized spacial score (nSPS) is 26.5. The third-order valence-corrected chi connectivity index (χ3v) is 5.77. The molecule has 25 heavy (non-hydrogen) atoms. The zero-order valence-corrected chi connectivity index (χ0v) is 15.2. The molecule has 0 radical (unpaired) electrons. The quantitative estimate of drug-likeness (QED) is 0.894. The van der Waals surface area contributed by atoms with Gasteiger partial charge in [0.2, 0.25) is 5.91 Å². The number of rotatable bonds is 2. The molecule has 0 unspecified atom stereocenters. The SMILES string of the molecule is C=Cc1ccccc1[C@@]1(C(C)(C)C)[C@@H]2CCC(=O)N2CCN1C(=O)O. The molecular formula is C20H26N2O3. The van der Waals surface area contributed by atoms with Crippen LogP contribution in [0.1, 0.15) is 44.7 Å². The highest BCUT2D eigenvalue weighted by Gasteiger charge is 2.61. The summed E-state index contributed by atoms with van der Waals surface area (Å²) >= 11 is 0. The van der Waals surface area contributed by atoms with E-state index in [2.05, 4.69) is 27.4 Å². The number of hydrogen-bond acceptors (Lipinski definition) is 2. The number of nitrogens with zero attached hydrogens (tertiary/aromatic N) is 2. The minimum atomic E-state index is -0.937. The molecule has 134 valence electrons. The Balaban J connectivity index is 2.35. The standard InChI is InChI=1S/C20H26N2O3/c1-5-14-8-6-7-9-15(14)20(19(2,3)4)16-10-11-17(23)21(16)12-13-22(20)18(24)25/h5-9,16H,1,10-13H2,2-4H3,(H,24,25)/t16-,20-/m0/s1. The number of benzene rings is 1. The zero-order chi connectivity index (χ0) is 18.4. The predicted molar refractivity (Wildman–Crippen MR) is 97.1 cm³/mol. The molecule has 5 nitrogen and oxygen atoms in total. The van der Waals surface area contributed by atoms with Gasteiger partial charge in [-0.05, 0) is 23.0 Å². The Morgan fingerprint density at radius 1 is 1.32 bits per heavy atom. The molecule has 2 fully saturated rings. The molecule has 2 aliphatic rings. The second-order valence-corrected chi connectivity index (χ2v) is 7.88. The molecule has 1 N–H and O–H groups in total. The van der Waals surface area contributed by atoms with Crippen LogP contribution in [0.15, 0.2) is 30.8 Å². The van der Waals surface area contributed by atoms with Gasteiger partial charge in [-0.1, -0.05) is 57.7 Å². The molecule has 5 heteroatoms. The molecule has 0 bridgehead atoms. The van der Waals surface area contributed by atoms with Crippen molar-refractivity contribution in [1.29, 1.82) is 0 Å². The summed E-state index contributed by atoms with van der Waals surface area (Å²) in [5.41, 5.74) is 0.640. The van der Waals surface area contributed by atoms with Crippen molar-refractivity contribution in [2.75, 3.05) is 13.1 Å². The summed E-state index contributed by atoms with van der Waals surface area (Å²) < 4.78 is 0. The summed E-state index contributed by atoms with van der Waals surface area (Å²) in [6.07, 6.45) is 1.99. The van der Waals surface area contributed by atoms with E-state index >= 15 is 0 Å². The van der Waals surface area contributed by atoms with E-state index in [1.165, 1.54) is 0 Å². The Hall–Kier alpha value is -2.30. The second-order valence-electron chi connectivity index (χ2n) is 7.88. The minimum absolute atomic E-state index is 0.125.